The number of rotatable bonds is 5. The zero-order chi connectivity index (χ0) is 16.9. The van der Waals surface area contributed by atoms with Crippen molar-refractivity contribution >= 4 is 29.4 Å². The predicted molar refractivity (Wildman–Crippen MR) is 84.5 cm³/mol. The maximum atomic E-state index is 11.9. The number of anilines is 1. The van der Waals surface area contributed by atoms with E-state index in [1.54, 1.807) is 0 Å². The van der Waals surface area contributed by atoms with Gasteiger partial charge in [-0.3, -0.25) is 10.3 Å². The minimum absolute atomic E-state index is 0.00481. The van der Waals surface area contributed by atoms with Crippen LogP contribution < -0.4 is 11.0 Å². The fourth-order valence-corrected chi connectivity index (χ4v) is 2.13. The van der Waals surface area contributed by atoms with Crippen LogP contribution in [0, 0.1) is 0 Å². The topological polar surface area (TPSA) is 119 Å². The third-order valence-corrected chi connectivity index (χ3v) is 3.20. The summed E-state index contributed by atoms with van der Waals surface area (Å²) in [6.45, 7) is 0.0928. The summed E-state index contributed by atoms with van der Waals surface area (Å²) in [5.74, 6) is 0.0627. The number of amides is 1. The summed E-state index contributed by atoms with van der Waals surface area (Å²) in [4.78, 5) is 44.4. The second-order valence-electron chi connectivity index (χ2n) is 4.84. The first-order chi connectivity index (χ1) is 11.7. The molecule has 3 aromatic rings. The van der Waals surface area contributed by atoms with Crippen LogP contribution in [0.4, 0.5) is 10.6 Å². The van der Waals surface area contributed by atoms with Crippen molar-refractivity contribution in [2.24, 2.45) is 0 Å². The number of aldehydes is 1. The fourth-order valence-electron chi connectivity index (χ4n) is 2.13. The minimum atomic E-state index is -0.744. The summed E-state index contributed by atoms with van der Waals surface area (Å²) in [5.41, 5.74) is 0.613. The lowest BCUT2D eigenvalue weighted by Crippen LogP contribution is -2.20. The molecule has 9 heteroatoms. The number of benzene rings is 1. The smallest absolute Gasteiger partial charge is 0.413 e. The Morgan fingerprint density at radius 3 is 2.88 bits per heavy atom. The molecule has 0 radical (unpaired) electrons. The molecule has 2 N–H and O–H groups in total. The van der Waals surface area contributed by atoms with Gasteiger partial charge in [0.05, 0.1) is 12.9 Å². The molecule has 0 aliphatic carbocycles. The van der Waals surface area contributed by atoms with E-state index in [-0.39, 0.29) is 30.1 Å². The number of carbonyl (C=O) groups is 2. The van der Waals surface area contributed by atoms with E-state index < -0.39 is 11.8 Å². The zero-order valence-corrected chi connectivity index (χ0v) is 12.4. The molecule has 0 unspecified atom stereocenters. The quantitative estimate of drug-likeness (QED) is 0.677. The Morgan fingerprint density at radius 1 is 1.33 bits per heavy atom. The van der Waals surface area contributed by atoms with E-state index in [4.69, 9.17) is 4.74 Å². The lowest BCUT2D eigenvalue weighted by Gasteiger charge is -2.07. The maximum Gasteiger partial charge on any atom is 0.413 e. The molecule has 9 nitrogen and oxygen atoms in total. The van der Waals surface area contributed by atoms with E-state index in [0.717, 1.165) is 5.56 Å². The third kappa shape index (κ3) is 3.29. The van der Waals surface area contributed by atoms with Crippen molar-refractivity contribution in [3.63, 3.8) is 0 Å². The summed E-state index contributed by atoms with van der Waals surface area (Å²) >= 11 is 0. The number of aromatic nitrogens is 4. The average Bonchev–Trinajstić information content (AvgIpc) is 2.97. The largest absolute Gasteiger partial charge is 0.444 e. The number of fused-ring (bicyclic) bond motifs is 1. The molecule has 2 aromatic heterocycles. The van der Waals surface area contributed by atoms with Gasteiger partial charge in [-0.1, -0.05) is 30.3 Å². The van der Waals surface area contributed by atoms with Crippen LogP contribution in [0.3, 0.4) is 0 Å². The monoisotopic (exact) mass is 327 g/mol. The molecule has 3 rings (SSSR count). The van der Waals surface area contributed by atoms with Crippen molar-refractivity contribution in [3.8, 4) is 0 Å². The van der Waals surface area contributed by atoms with Gasteiger partial charge in [0, 0.05) is 0 Å². The van der Waals surface area contributed by atoms with Crippen LogP contribution >= 0.6 is 0 Å². The van der Waals surface area contributed by atoms with Gasteiger partial charge in [-0.05, 0) is 5.56 Å². The SMILES string of the molecule is O=CCn1cnc2c(NC(=O)OCc3ccccc3)[nH]c(=O)nc21. The first-order valence-electron chi connectivity index (χ1n) is 7.04. The summed E-state index contributed by atoms with van der Waals surface area (Å²) in [6.07, 6.45) is 1.28. The molecular formula is C15H13N5O4. The van der Waals surface area contributed by atoms with E-state index in [1.165, 1.54) is 10.9 Å². The normalized spacial score (nSPS) is 10.5. The van der Waals surface area contributed by atoms with Gasteiger partial charge in [0.1, 0.15) is 24.2 Å². The first-order valence-corrected chi connectivity index (χ1v) is 7.04. The molecule has 1 amide bonds. The van der Waals surface area contributed by atoms with E-state index in [0.29, 0.717) is 6.29 Å². The van der Waals surface area contributed by atoms with Crippen molar-refractivity contribution in [2.45, 2.75) is 13.2 Å². The fraction of sp³-hybridized carbons (Fsp3) is 0.133. The summed E-state index contributed by atoms with van der Waals surface area (Å²) in [7, 11) is 0. The van der Waals surface area contributed by atoms with Crippen LogP contribution in [0.1, 0.15) is 5.56 Å². The van der Waals surface area contributed by atoms with E-state index in [2.05, 4.69) is 20.3 Å². The van der Waals surface area contributed by atoms with Gasteiger partial charge >= 0.3 is 11.8 Å². The van der Waals surface area contributed by atoms with Crippen molar-refractivity contribution in [3.05, 3.63) is 52.7 Å². The number of aromatic amines is 1. The van der Waals surface area contributed by atoms with Crippen LogP contribution in [0.25, 0.3) is 11.2 Å². The summed E-state index contributed by atoms with van der Waals surface area (Å²) in [6, 6.07) is 9.17. The predicted octanol–water partition coefficient (Wildman–Crippen LogP) is 1.07. The summed E-state index contributed by atoms with van der Waals surface area (Å²) < 4.78 is 6.49. The number of nitrogens with one attached hydrogen (secondary N) is 2. The molecule has 0 bridgehead atoms. The second kappa shape index (κ2) is 6.73. The van der Waals surface area contributed by atoms with Crippen LogP contribution in [-0.2, 0) is 22.7 Å². The molecule has 24 heavy (non-hydrogen) atoms. The Hall–Kier alpha value is -3.49. The molecule has 0 atom stereocenters. The number of H-pyrrole nitrogens is 1. The summed E-state index contributed by atoms with van der Waals surface area (Å²) in [5, 5.41) is 2.43. The van der Waals surface area contributed by atoms with E-state index >= 15 is 0 Å². The zero-order valence-electron chi connectivity index (χ0n) is 12.4. The van der Waals surface area contributed by atoms with Gasteiger partial charge in [-0.25, -0.2) is 14.6 Å². The molecule has 0 fully saturated rings. The Morgan fingerprint density at radius 2 is 2.12 bits per heavy atom. The maximum absolute atomic E-state index is 11.9. The number of carbonyl (C=O) groups excluding carboxylic acids is 2. The van der Waals surface area contributed by atoms with Crippen LogP contribution in [-0.4, -0.2) is 31.9 Å². The van der Waals surface area contributed by atoms with E-state index in [1.807, 2.05) is 30.3 Å². The average molecular weight is 327 g/mol. The minimum Gasteiger partial charge on any atom is -0.444 e. The number of ether oxygens (including phenoxy) is 1. The van der Waals surface area contributed by atoms with Gasteiger partial charge in [-0.2, -0.15) is 4.98 Å². The van der Waals surface area contributed by atoms with Crippen LogP contribution in [0.5, 0.6) is 0 Å². The third-order valence-electron chi connectivity index (χ3n) is 3.20. The van der Waals surface area contributed by atoms with E-state index in [9.17, 15) is 14.4 Å². The molecule has 2 heterocycles. The Balaban J connectivity index is 1.78. The first kappa shape index (κ1) is 15.4. The lowest BCUT2D eigenvalue weighted by molar-refractivity contribution is -0.108. The highest BCUT2D eigenvalue weighted by Crippen LogP contribution is 2.16. The second-order valence-corrected chi connectivity index (χ2v) is 4.84. The molecule has 0 saturated heterocycles. The standard InChI is InChI=1S/C15H13N5O4/c21-7-6-20-9-16-11-12(17-14(22)19-13(11)20)18-15(23)24-8-10-4-2-1-3-5-10/h1-5,7,9H,6,8H2,(H2,17,18,19,22,23). The van der Waals surface area contributed by atoms with Crippen molar-refractivity contribution in [1.82, 2.24) is 19.5 Å². The van der Waals surface area contributed by atoms with Gasteiger partial charge in [-0.15, -0.1) is 0 Å². The Bertz CT molecular complexity index is 932. The lowest BCUT2D eigenvalue weighted by atomic mass is 10.2. The van der Waals surface area contributed by atoms with Crippen molar-refractivity contribution < 1.29 is 14.3 Å². The molecule has 0 aliphatic heterocycles. The molecule has 0 spiro atoms. The molecule has 122 valence electrons. The Kier molecular flexibility index (Phi) is 4.32. The van der Waals surface area contributed by atoms with Crippen LogP contribution in [0.2, 0.25) is 0 Å². The number of hydrogen-bond donors (Lipinski definition) is 2. The highest BCUT2D eigenvalue weighted by Gasteiger charge is 2.14. The molecule has 0 saturated carbocycles. The molecule has 1 aromatic carbocycles. The van der Waals surface area contributed by atoms with Crippen molar-refractivity contribution in [1.29, 1.82) is 0 Å². The van der Waals surface area contributed by atoms with Crippen molar-refractivity contribution in [2.75, 3.05) is 5.32 Å². The number of hydrogen-bond acceptors (Lipinski definition) is 6. The van der Waals surface area contributed by atoms with Gasteiger partial charge in [0.15, 0.2) is 5.65 Å². The highest BCUT2D eigenvalue weighted by atomic mass is 16.5. The number of imidazole rings is 1. The highest BCUT2D eigenvalue weighted by molar-refractivity contribution is 5.93. The molecular weight excluding hydrogens is 314 g/mol. The van der Waals surface area contributed by atoms with Gasteiger partial charge in [0.25, 0.3) is 0 Å². The number of nitrogens with zero attached hydrogens (tertiary/aromatic N) is 3. The Labute approximate surface area is 135 Å². The van der Waals surface area contributed by atoms with Gasteiger partial charge in [0.2, 0.25) is 0 Å². The molecule has 0 aliphatic rings. The van der Waals surface area contributed by atoms with Crippen LogP contribution in [0.15, 0.2) is 41.5 Å². The van der Waals surface area contributed by atoms with Gasteiger partial charge < -0.3 is 14.1 Å².